The fourth-order valence-electron chi connectivity index (χ4n) is 2.75. The number of esters is 1. The molecule has 1 aromatic carbocycles. The maximum atomic E-state index is 12.7. The molecule has 6 nitrogen and oxygen atoms in total. The Morgan fingerprint density at radius 3 is 2.85 bits per heavy atom. The van der Waals surface area contributed by atoms with Crippen molar-refractivity contribution in [2.45, 2.75) is 25.0 Å². The first kappa shape index (κ1) is 18.5. The molecule has 1 aliphatic rings. The predicted octanol–water partition coefficient (Wildman–Crippen LogP) is 4.06. The summed E-state index contributed by atoms with van der Waals surface area (Å²) in [4.78, 5) is 17.2. The maximum absolute atomic E-state index is 12.7. The van der Waals surface area contributed by atoms with Gasteiger partial charge in [0.25, 0.3) is 0 Å². The van der Waals surface area contributed by atoms with Crippen molar-refractivity contribution in [1.82, 2.24) is 14.8 Å². The van der Waals surface area contributed by atoms with Gasteiger partial charge in [-0.2, -0.15) is 4.98 Å². The number of rotatable bonds is 6. The van der Waals surface area contributed by atoms with Crippen molar-refractivity contribution in [1.29, 1.82) is 0 Å². The number of halogens is 1. The molecular weight excluding hydrogens is 372 g/mol. The molecule has 136 valence electrons. The van der Waals surface area contributed by atoms with Gasteiger partial charge in [0, 0.05) is 10.7 Å². The van der Waals surface area contributed by atoms with Crippen molar-refractivity contribution in [2.75, 3.05) is 17.7 Å². The highest BCUT2D eigenvalue weighted by molar-refractivity contribution is 7.99. The molecule has 0 amide bonds. The number of anilines is 1. The molecule has 1 aromatic heterocycles. The maximum Gasteiger partial charge on any atom is 0.338 e. The number of hydrogen-bond acceptors (Lipinski definition) is 6. The van der Waals surface area contributed by atoms with E-state index in [1.165, 1.54) is 6.08 Å². The minimum atomic E-state index is -0.445. The van der Waals surface area contributed by atoms with Crippen LogP contribution in [0.2, 0.25) is 5.02 Å². The normalized spacial score (nSPS) is 16.0. The van der Waals surface area contributed by atoms with Crippen molar-refractivity contribution in [3.63, 3.8) is 0 Å². The van der Waals surface area contributed by atoms with Crippen LogP contribution in [-0.4, -0.2) is 33.1 Å². The number of aromatic nitrogens is 3. The third kappa shape index (κ3) is 3.64. The largest absolute Gasteiger partial charge is 0.458 e. The highest BCUT2D eigenvalue weighted by Gasteiger charge is 2.35. The molecule has 1 unspecified atom stereocenters. The van der Waals surface area contributed by atoms with E-state index in [4.69, 9.17) is 16.3 Å². The molecule has 26 heavy (non-hydrogen) atoms. The highest BCUT2D eigenvalue weighted by Crippen LogP contribution is 2.36. The average Bonchev–Trinajstić information content (AvgIpc) is 3.01. The van der Waals surface area contributed by atoms with Gasteiger partial charge in [-0.05, 0) is 30.4 Å². The summed E-state index contributed by atoms with van der Waals surface area (Å²) in [6.07, 6.45) is 1.54. The number of thioether (sulfide) groups is 1. The molecule has 8 heteroatoms. The van der Waals surface area contributed by atoms with Gasteiger partial charge in [-0.1, -0.05) is 55.1 Å². The van der Waals surface area contributed by atoms with Crippen LogP contribution in [0.15, 0.2) is 53.3 Å². The molecule has 1 atom stereocenters. The van der Waals surface area contributed by atoms with Gasteiger partial charge in [0.05, 0.1) is 5.57 Å². The molecule has 1 aliphatic heterocycles. The summed E-state index contributed by atoms with van der Waals surface area (Å²) in [6, 6.07) is 6.90. The molecule has 0 radical (unpaired) electrons. The molecular formula is C18H19ClN4O2S. The Kier molecular flexibility index (Phi) is 5.68. The smallest absolute Gasteiger partial charge is 0.338 e. The lowest BCUT2D eigenvalue weighted by atomic mass is 9.96. The van der Waals surface area contributed by atoms with Crippen LogP contribution < -0.4 is 5.32 Å². The number of carbonyl (C=O) groups is 1. The lowest BCUT2D eigenvalue weighted by Crippen LogP contribution is -2.29. The van der Waals surface area contributed by atoms with Gasteiger partial charge < -0.3 is 10.1 Å². The molecule has 3 rings (SSSR count). The number of hydrogen-bond donors (Lipinski definition) is 1. The minimum Gasteiger partial charge on any atom is -0.458 e. The first-order chi connectivity index (χ1) is 12.5. The van der Waals surface area contributed by atoms with E-state index in [2.05, 4.69) is 22.0 Å². The Morgan fingerprint density at radius 2 is 2.19 bits per heavy atom. The average molecular weight is 391 g/mol. The summed E-state index contributed by atoms with van der Waals surface area (Å²) < 4.78 is 7.02. The lowest BCUT2D eigenvalue weighted by molar-refractivity contribution is -0.138. The second-order valence-electron chi connectivity index (χ2n) is 5.60. The van der Waals surface area contributed by atoms with Crippen molar-refractivity contribution in [2.24, 2.45) is 0 Å². The van der Waals surface area contributed by atoms with Gasteiger partial charge in [-0.15, -0.1) is 5.10 Å². The Balaban J connectivity index is 2.09. The van der Waals surface area contributed by atoms with Crippen LogP contribution in [0.4, 0.5) is 5.95 Å². The second-order valence-corrected chi connectivity index (χ2v) is 7.27. The van der Waals surface area contributed by atoms with Gasteiger partial charge in [0.15, 0.2) is 0 Å². The molecule has 1 N–H and O–H groups in total. The van der Waals surface area contributed by atoms with Gasteiger partial charge in [0.1, 0.15) is 12.6 Å². The quantitative estimate of drug-likeness (QED) is 0.455. The summed E-state index contributed by atoms with van der Waals surface area (Å²) in [6.45, 7) is 7.60. The van der Waals surface area contributed by atoms with Gasteiger partial charge >= 0.3 is 5.97 Å². The zero-order chi connectivity index (χ0) is 18.7. The number of carbonyl (C=O) groups excluding carboxylic acids is 1. The standard InChI is InChI=1S/C18H19ClN4O2S/c1-4-10-25-16(24)14-11(3)20-17-21-18(26-5-2)22-23(17)15(14)12-6-8-13(19)9-7-12/h4,6-9,15H,1,5,10H2,2-3H3,(H,20,21,22). The molecule has 0 aliphatic carbocycles. The first-order valence-electron chi connectivity index (χ1n) is 8.15. The Labute approximate surface area is 161 Å². The van der Waals surface area contributed by atoms with Gasteiger partial charge in [0.2, 0.25) is 11.1 Å². The first-order valence-corrected chi connectivity index (χ1v) is 9.52. The Hall–Kier alpha value is -2.25. The van der Waals surface area contributed by atoms with E-state index in [-0.39, 0.29) is 6.61 Å². The van der Waals surface area contributed by atoms with Crippen LogP contribution in [0.5, 0.6) is 0 Å². The third-order valence-electron chi connectivity index (χ3n) is 3.84. The molecule has 2 heterocycles. The number of nitrogens with zero attached hydrogens (tertiary/aromatic N) is 3. The van der Waals surface area contributed by atoms with Crippen LogP contribution in [-0.2, 0) is 9.53 Å². The van der Waals surface area contributed by atoms with E-state index in [1.807, 2.05) is 26.0 Å². The summed E-state index contributed by atoms with van der Waals surface area (Å²) >= 11 is 7.57. The van der Waals surface area contributed by atoms with Crippen molar-refractivity contribution in [3.05, 3.63) is 58.8 Å². The van der Waals surface area contributed by atoms with E-state index < -0.39 is 12.0 Å². The molecule has 2 aromatic rings. The summed E-state index contributed by atoms with van der Waals surface area (Å²) in [5, 5.41) is 9.02. The monoisotopic (exact) mass is 390 g/mol. The topological polar surface area (TPSA) is 69.0 Å². The van der Waals surface area contributed by atoms with Crippen LogP contribution >= 0.6 is 23.4 Å². The molecule has 0 bridgehead atoms. The van der Waals surface area contributed by atoms with Crippen LogP contribution in [0.1, 0.15) is 25.5 Å². The second kappa shape index (κ2) is 7.97. The van der Waals surface area contributed by atoms with Crippen LogP contribution in [0.3, 0.4) is 0 Å². The van der Waals surface area contributed by atoms with Crippen molar-refractivity contribution >= 4 is 35.3 Å². The van der Waals surface area contributed by atoms with E-state index >= 15 is 0 Å². The fraction of sp³-hybridized carbons (Fsp3) is 0.278. The minimum absolute atomic E-state index is 0.143. The summed E-state index contributed by atoms with van der Waals surface area (Å²) in [5.74, 6) is 1.04. The summed E-state index contributed by atoms with van der Waals surface area (Å²) in [7, 11) is 0. The van der Waals surface area contributed by atoms with Crippen LogP contribution in [0.25, 0.3) is 0 Å². The SMILES string of the molecule is C=CCOC(=O)C1=C(C)Nc2nc(SCC)nn2C1c1ccc(Cl)cc1. The number of benzene rings is 1. The zero-order valence-electron chi connectivity index (χ0n) is 14.5. The number of fused-ring (bicyclic) bond motifs is 1. The number of nitrogens with one attached hydrogen (secondary N) is 1. The number of ether oxygens (including phenoxy) is 1. The highest BCUT2D eigenvalue weighted by atomic mass is 35.5. The van der Waals surface area contributed by atoms with Crippen molar-refractivity contribution < 1.29 is 9.53 Å². The van der Waals surface area contributed by atoms with E-state index in [1.54, 1.807) is 28.6 Å². The molecule has 0 fully saturated rings. The van der Waals surface area contributed by atoms with Crippen LogP contribution in [0, 0.1) is 0 Å². The van der Waals surface area contributed by atoms with Gasteiger partial charge in [-0.25, -0.2) is 9.48 Å². The molecule has 0 saturated heterocycles. The van der Waals surface area contributed by atoms with Gasteiger partial charge in [-0.3, -0.25) is 0 Å². The Morgan fingerprint density at radius 1 is 1.46 bits per heavy atom. The predicted molar refractivity (Wildman–Crippen MR) is 103 cm³/mol. The fourth-order valence-corrected chi connectivity index (χ4v) is 3.43. The van der Waals surface area contributed by atoms with Crippen molar-refractivity contribution in [3.8, 4) is 0 Å². The van der Waals surface area contributed by atoms with E-state index in [0.29, 0.717) is 27.4 Å². The van der Waals surface area contributed by atoms with E-state index in [9.17, 15) is 4.79 Å². The third-order valence-corrected chi connectivity index (χ3v) is 4.82. The number of allylic oxidation sites excluding steroid dienone is 1. The Bertz CT molecular complexity index is 861. The van der Waals surface area contributed by atoms with E-state index in [0.717, 1.165) is 11.3 Å². The molecule has 0 saturated carbocycles. The lowest BCUT2D eigenvalue weighted by Gasteiger charge is -2.28. The zero-order valence-corrected chi connectivity index (χ0v) is 16.1. The summed E-state index contributed by atoms with van der Waals surface area (Å²) in [5.41, 5.74) is 2.05. The molecule has 0 spiro atoms.